The zero-order valence-electron chi connectivity index (χ0n) is 11.8. The van der Waals surface area contributed by atoms with Crippen LogP contribution in [0.3, 0.4) is 0 Å². The van der Waals surface area contributed by atoms with Crippen LogP contribution in [0, 0.1) is 5.92 Å². The van der Waals surface area contributed by atoms with E-state index in [0.29, 0.717) is 12.1 Å². The van der Waals surface area contributed by atoms with Gasteiger partial charge < -0.3 is 10.6 Å². The number of nitrogens with zero attached hydrogens (tertiary/aromatic N) is 2. The third-order valence-electron chi connectivity index (χ3n) is 4.80. The van der Waals surface area contributed by atoms with Gasteiger partial charge in [0.05, 0.1) is 0 Å². The topological polar surface area (TPSA) is 49.6 Å². The molecule has 2 rings (SSSR count). The highest BCUT2D eigenvalue weighted by Crippen LogP contribution is 2.31. The summed E-state index contributed by atoms with van der Waals surface area (Å²) in [5.41, 5.74) is 5.90. The molecule has 2 fully saturated rings. The van der Waals surface area contributed by atoms with Gasteiger partial charge in [0.1, 0.15) is 0 Å². The van der Waals surface area contributed by atoms with Crippen molar-refractivity contribution in [2.45, 2.75) is 45.1 Å². The third-order valence-corrected chi connectivity index (χ3v) is 4.80. The van der Waals surface area contributed by atoms with Crippen LogP contribution in [0.1, 0.15) is 39.5 Å². The van der Waals surface area contributed by atoms with Gasteiger partial charge in [-0.2, -0.15) is 0 Å². The van der Waals surface area contributed by atoms with E-state index in [0.717, 1.165) is 25.9 Å². The predicted molar refractivity (Wildman–Crippen MR) is 73.2 cm³/mol. The number of likely N-dealkylation sites (tertiary alicyclic amines) is 2. The minimum atomic E-state index is -0.0267. The Kier molecular flexibility index (Phi) is 4.28. The molecule has 0 aromatic carbocycles. The fourth-order valence-corrected chi connectivity index (χ4v) is 3.19. The number of piperidine rings is 1. The molecule has 1 amide bonds. The number of hydrogen-bond donors (Lipinski definition) is 1. The second-order valence-corrected chi connectivity index (χ2v) is 6.15. The predicted octanol–water partition coefficient (Wildman–Crippen LogP) is 1.06. The van der Waals surface area contributed by atoms with Crippen LogP contribution in [0.5, 0.6) is 0 Å². The van der Waals surface area contributed by atoms with Crippen LogP contribution in [-0.4, -0.2) is 54.0 Å². The van der Waals surface area contributed by atoms with Crippen LogP contribution in [0.4, 0.5) is 0 Å². The van der Waals surface area contributed by atoms with E-state index >= 15 is 0 Å². The molecule has 2 heterocycles. The van der Waals surface area contributed by atoms with Gasteiger partial charge in [-0.1, -0.05) is 6.92 Å². The maximum absolute atomic E-state index is 12.1. The van der Waals surface area contributed by atoms with E-state index in [-0.39, 0.29) is 11.8 Å². The van der Waals surface area contributed by atoms with Crippen molar-refractivity contribution in [3.63, 3.8) is 0 Å². The Hall–Kier alpha value is -0.610. The highest BCUT2D eigenvalue weighted by molar-refractivity contribution is 5.78. The molecule has 104 valence electrons. The normalized spacial score (nSPS) is 26.3. The highest BCUT2D eigenvalue weighted by Gasteiger charge is 2.38. The Labute approximate surface area is 110 Å². The minimum absolute atomic E-state index is 0.0267. The average molecular weight is 253 g/mol. The molecule has 2 saturated heterocycles. The molecule has 1 atom stereocenters. The van der Waals surface area contributed by atoms with Gasteiger partial charge in [-0.3, -0.25) is 9.69 Å². The molecule has 0 spiro atoms. The van der Waals surface area contributed by atoms with Gasteiger partial charge in [0.2, 0.25) is 5.91 Å². The van der Waals surface area contributed by atoms with Crippen LogP contribution in [0.2, 0.25) is 0 Å². The fourth-order valence-electron chi connectivity index (χ4n) is 3.19. The van der Waals surface area contributed by atoms with Gasteiger partial charge >= 0.3 is 0 Å². The summed E-state index contributed by atoms with van der Waals surface area (Å²) < 4.78 is 0. The first-order valence-electron chi connectivity index (χ1n) is 7.31. The average Bonchev–Trinajstić information content (AvgIpc) is 2.92. The van der Waals surface area contributed by atoms with Crippen molar-refractivity contribution in [1.82, 2.24) is 9.80 Å². The Balaban J connectivity index is 1.89. The van der Waals surface area contributed by atoms with Crippen molar-refractivity contribution in [1.29, 1.82) is 0 Å². The van der Waals surface area contributed by atoms with Crippen LogP contribution < -0.4 is 5.73 Å². The Bertz CT molecular complexity index is 291. The largest absolute Gasteiger partial charge is 0.342 e. The molecule has 2 aliphatic rings. The number of nitrogens with two attached hydrogens (primary N) is 1. The molecule has 0 aromatic heterocycles. The molecular weight excluding hydrogens is 226 g/mol. The number of amides is 1. The van der Waals surface area contributed by atoms with E-state index in [1.165, 1.54) is 25.9 Å². The van der Waals surface area contributed by atoms with E-state index in [9.17, 15) is 4.79 Å². The first-order chi connectivity index (χ1) is 8.57. The van der Waals surface area contributed by atoms with Gasteiger partial charge in [-0.05, 0) is 45.7 Å². The fraction of sp³-hybridized carbons (Fsp3) is 0.929. The highest BCUT2D eigenvalue weighted by atomic mass is 16.2. The SMILES string of the molecule is C[C@@H](CN)C(=O)N1CCC(C)(N2CCCC2)CC1. The summed E-state index contributed by atoms with van der Waals surface area (Å²) >= 11 is 0. The molecule has 18 heavy (non-hydrogen) atoms. The van der Waals surface area contributed by atoms with E-state index in [2.05, 4.69) is 11.8 Å². The lowest BCUT2D eigenvalue weighted by atomic mass is 9.87. The Morgan fingerprint density at radius 3 is 2.28 bits per heavy atom. The van der Waals surface area contributed by atoms with Gasteiger partial charge in [-0.25, -0.2) is 0 Å². The zero-order chi connectivity index (χ0) is 13.2. The number of rotatable bonds is 3. The number of carbonyl (C=O) groups is 1. The second kappa shape index (κ2) is 5.57. The molecule has 4 heteroatoms. The Morgan fingerprint density at radius 1 is 1.22 bits per heavy atom. The maximum Gasteiger partial charge on any atom is 0.226 e. The molecule has 0 aromatic rings. The summed E-state index contributed by atoms with van der Waals surface area (Å²) in [6.45, 7) is 9.03. The second-order valence-electron chi connectivity index (χ2n) is 6.15. The smallest absolute Gasteiger partial charge is 0.226 e. The molecule has 0 radical (unpaired) electrons. The minimum Gasteiger partial charge on any atom is -0.342 e. The van der Waals surface area contributed by atoms with Gasteiger partial charge in [0, 0.05) is 31.1 Å². The van der Waals surface area contributed by atoms with E-state index in [4.69, 9.17) is 5.73 Å². The Morgan fingerprint density at radius 2 is 1.78 bits per heavy atom. The number of carbonyl (C=O) groups excluding carboxylic acids is 1. The summed E-state index contributed by atoms with van der Waals surface area (Å²) in [6.07, 6.45) is 4.89. The molecule has 2 N–H and O–H groups in total. The molecule has 4 nitrogen and oxygen atoms in total. The van der Waals surface area contributed by atoms with Crippen molar-refractivity contribution in [2.75, 3.05) is 32.7 Å². The van der Waals surface area contributed by atoms with E-state index in [1.54, 1.807) is 0 Å². The molecule has 0 saturated carbocycles. The summed E-state index contributed by atoms with van der Waals surface area (Å²) in [6, 6.07) is 0. The van der Waals surface area contributed by atoms with Crippen LogP contribution in [-0.2, 0) is 4.79 Å². The van der Waals surface area contributed by atoms with Gasteiger partial charge in [-0.15, -0.1) is 0 Å². The van der Waals surface area contributed by atoms with Gasteiger partial charge in [0.25, 0.3) is 0 Å². The summed E-state index contributed by atoms with van der Waals surface area (Å²) in [5.74, 6) is 0.210. The lowest BCUT2D eigenvalue weighted by Crippen LogP contribution is -2.54. The quantitative estimate of drug-likeness (QED) is 0.818. The monoisotopic (exact) mass is 253 g/mol. The molecule has 2 aliphatic heterocycles. The molecule has 0 unspecified atom stereocenters. The standard InChI is InChI=1S/C14H27N3O/c1-12(11-15)13(18)16-9-5-14(2,6-10-16)17-7-3-4-8-17/h12H,3-11,15H2,1-2H3/t12-/m0/s1. The van der Waals surface area contributed by atoms with Crippen molar-refractivity contribution in [2.24, 2.45) is 11.7 Å². The van der Waals surface area contributed by atoms with Crippen LogP contribution in [0.15, 0.2) is 0 Å². The summed E-state index contributed by atoms with van der Waals surface area (Å²) in [5, 5.41) is 0. The first kappa shape index (κ1) is 13.8. The maximum atomic E-state index is 12.1. The zero-order valence-corrected chi connectivity index (χ0v) is 11.8. The lowest BCUT2D eigenvalue weighted by Gasteiger charge is -2.45. The van der Waals surface area contributed by atoms with Gasteiger partial charge in [0.15, 0.2) is 0 Å². The first-order valence-corrected chi connectivity index (χ1v) is 7.31. The van der Waals surface area contributed by atoms with Crippen molar-refractivity contribution in [3.8, 4) is 0 Å². The molecular formula is C14H27N3O. The van der Waals surface area contributed by atoms with Crippen molar-refractivity contribution >= 4 is 5.91 Å². The summed E-state index contributed by atoms with van der Waals surface area (Å²) in [7, 11) is 0. The van der Waals surface area contributed by atoms with Crippen molar-refractivity contribution in [3.05, 3.63) is 0 Å². The van der Waals surface area contributed by atoms with Crippen LogP contribution >= 0.6 is 0 Å². The molecule has 0 aliphatic carbocycles. The third kappa shape index (κ3) is 2.69. The molecule has 0 bridgehead atoms. The van der Waals surface area contributed by atoms with Crippen LogP contribution in [0.25, 0.3) is 0 Å². The van der Waals surface area contributed by atoms with Crippen molar-refractivity contribution < 1.29 is 4.79 Å². The van der Waals surface area contributed by atoms with E-state index < -0.39 is 0 Å². The number of hydrogen-bond acceptors (Lipinski definition) is 3. The summed E-state index contributed by atoms with van der Waals surface area (Å²) in [4.78, 5) is 16.7. The lowest BCUT2D eigenvalue weighted by molar-refractivity contribution is -0.137. The van der Waals surface area contributed by atoms with E-state index in [1.807, 2.05) is 11.8 Å².